The van der Waals surface area contributed by atoms with Gasteiger partial charge in [-0.05, 0) is 46.1 Å². The molecule has 84 valence electrons. The fourth-order valence-electron chi connectivity index (χ4n) is 2.25. The molecule has 1 saturated heterocycles. The highest BCUT2D eigenvalue weighted by molar-refractivity contribution is 4.84. The Morgan fingerprint density at radius 1 is 1.43 bits per heavy atom. The first kappa shape index (κ1) is 12.0. The molecule has 0 radical (unpaired) electrons. The second-order valence-corrected chi connectivity index (χ2v) is 4.71. The molecule has 1 aliphatic heterocycles. The van der Waals surface area contributed by atoms with E-state index >= 15 is 0 Å². The van der Waals surface area contributed by atoms with E-state index in [9.17, 15) is 5.11 Å². The van der Waals surface area contributed by atoms with Crippen LogP contribution in [0.15, 0.2) is 0 Å². The van der Waals surface area contributed by atoms with Crippen molar-refractivity contribution in [3.8, 4) is 0 Å². The van der Waals surface area contributed by atoms with Gasteiger partial charge in [-0.15, -0.1) is 0 Å². The Labute approximate surface area is 87.3 Å². The van der Waals surface area contributed by atoms with Gasteiger partial charge in [0.25, 0.3) is 0 Å². The number of aliphatic hydroxyl groups is 1. The van der Waals surface area contributed by atoms with Crippen LogP contribution in [0.4, 0.5) is 0 Å². The van der Waals surface area contributed by atoms with E-state index in [1.165, 1.54) is 12.8 Å². The van der Waals surface area contributed by atoms with Crippen LogP contribution in [-0.2, 0) is 0 Å². The van der Waals surface area contributed by atoms with Gasteiger partial charge in [-0.1, -0.05) is 0 Å². The predicted octanol–water partition coefficient (Wildman–Crippen LogP) is 0.815. The molecule has 3 heteroatoms. The third-order valence-electron chi connectivity index (χ3n) is 3.58. The lowest BCUT2D eigenvalue weighted by Crippen LogP contribution is -2.51. The van der Waals surface area contributed by atoms with Crippen molar-refractivity contribution in [2.24, 2.45) is 11.7 Å². The molecule has 0 aromatic carbocycles. The maximum atomic E-state index is 9.58. The zero-order chi connectivity index (χ0) is 10.7. The largest absolute Gasteiger partial charge is 0.392 e. The van der Waals surface area contributed by atoms with E-state index in [1.54, 1.807) is 0 Å². The van der Waals surface area contributed by atoms with Crippen LogP contribution >= 0.6 is 0 Å². The van der Waals surface area contributed by atoms with Gasteiger partial charge in [0.15, 0.2) is 0 Å². The van der Waals surface area contributed by atoms with E-state index in [-0.39, 0.29) is 12.1 Å². The Balaban J connectivity index is 2.55. The average Bonchev–Trinajstić information content (AvgIpc) is 2.17. The lowest BCUT2D eigenvalue weighted by Gasteiger charge is -2.42. The molecule has 0 saturated carbocycles. The fraction of sp³-hybridized carbons (Fsp3) is 1.00. The minimum absolute atomic E-state index is 0.249. The Kier molecular flexibility index (Phi) is 4.35. The van der Waals surface area contributed by atoms with Crippen LogP contribution in [0, 0.1) is 5.92 Å². The Hall–Kier alpha value is -0.120. The van der Waals surface area contributed by atoms with Gasteiger partial charge in [-0.25, -0.2) is 0 Å². The summed E-state index contributed by atoms with van der Waals surface area (Å²) >= 11 is 0. The topological polar surface area (TPSA) is 49.5 Å². The molecule has 0 aromatic rings. The first-order chi connectivity index (χ1) is 6.56. The van der Waals surface area contributed by atoms with E-state index in [4.69, 9.17) is 5.73 Å². The van der Waals surface area contributed by atoms with E-state index < -0.39 is 0 Å². The van der Waals surface area contributed by atoms with E-state index in [0.717, 1.165) is 13.1 Å². The Bertz CT molecular complexity index is 173. The molecule has 1 fully saturated rings. The van der Waals surface area contributed by atoms with Crippen molar-refractivity contribution in [3.05, 3.63) is 0 Å². The molecule has 4 atom stereocenters. The lowest BCUT2D eigenvalue weighted by atomic mass is 9.91. The second kappa shape index (κ2) is 5.10. The minimum Gasteiger partial charge on any atom is -0.392 e. The standard InChI is InChI=1S/C11H24N2O/c1-8-4-5-11(6-12)7-13(8)9(2)10(3)14/h8-11,14H,4-7,12H2,1-3H3. The maximum Gasteiger partial charge on any atom is 0.0664 e. The molecular weight excluding hydrogens is 176 g/mol. The highest BCUT2D eigenvalue weighted by Crippen LogP contribution is 2.24. The maximum absolute atomic E-state index is 9.58. The number of likely N-dealkylation sites (tertiary alicyclic amines) is 1. The van der Waals surface area contributed by atoms with Gasteiger partial charge in [-0.3, -0.25) is 4.90 Å². The summed E-state index contributed by atoms with van der Waals surface area (Å²) in [6.45, 7) is 8.02. The number of hydrogen-bond acceptors (Lipinski definition) is 3. The first-order valence-corrected chi connectivity index (χ1v) is 5.70. The van der Waals surface area contributed by atoms with Gasteiger partial charge in [0.2, 0.25) is 0 Å². The molecule has 0 aromatic heterocycles. The Morgan fingerprint density at radius 3 is 2.57 bits per heavy atom. The third kappa shape index (κ3) is 2.69. The van der Waals surface area contributed by atoms with Gasteiger partial charge < -0.3 is 10.8 Å². The number of aliphatic hydroxyl groups excluding tert-OH is 1. The molecule has 0 amide bonds. The van der Waals surface area contributed by atoms with Gasteiger partial charge in [0.05, 0.1) is 6.10 Å². The molecule has 1 rings (SSSR count). The van der Waals surface area contributed by atoms with Crippen LogP contribution in [0.1, 0.15) is 33.6 Å². The van der Waals surface area contributed by atoms with Crippen molar-refractivity contribution < 1.29 is 5.11 Å². The van der Waals surface area contributed by atoms with Crippen LogP contribution in [0.2, 0.25) is 0 Å². The van der Waals surface area contributed by atoms with E-state index in [2.05, 4.69) is 18.7 Å². The lowest BCUT2D eigenvalue weighted by molar-refractivity contribution is 0.0147. The predicted molar refractivity (Wildman–Crippen MR) is 59.1 cm³/mol. The summed E-state index contributed by atoms with van der Waals surface area (Å²) < 4.78 is 0. The summed E-state index contributed by atoms with van der Waals surface area (Å²) in [7, 11) is 0. The SMILES string of the molecule is CC(O)C(C)N1CC(CN)CCC1C. The van der Waals surface area contributed by atoms with Crippen molar-refractivity contribution in [1.82, 2.24) is 4.90 Å². The monoisotopic (exact) mass is 200 g/mol. The quantitative estimate of drug-likeness (QED) is 0.709. The minimum atomic E-state index is -0.256. The highest BCUT2D eigenvalue weighted by atomic mass is 16.3. The van der Waals surface area contributed by atoms with Crippen molar-refractivity contribution >= 4 is 0 Å². The van der Waals surface area contributed by atoms with Crippen molar-refractivity contribution in [2.75, 3.05) is 13.1 Å². The van der Waals surface area contributed by atoms with Gasteiger partial charge in [0.1, 0.15) is 0 Å². The highest BCUT2D eigenvalue weighted by Gasteiger charge is 2.29. The summed E-state index contributed by atoms with van der Waals surface area (Å²) in [5.74, 6) is 0.618. The zero-order valence-corrected chi connectivity index (χ0v) is 9.61. The molecule has 1 aliphatic rings. The molecule has 0 aliphatic carbocycles. The summed E-state index contributed by atoms with van der Waals surface area (Å²) in [6.07, 6.45) is 2.19. The smallest absolute Gasteiger partial charge is 0.0664 e. The summed E-state index contributed by atoms with van der Waals surface area (Å²) in [5, 5.41) is 9.58. The number of hydrogen-bond donors (Lipinski definition) is 2. The van der Waals surface area contributed by atoms with Gasteiger partial charge in [0, 0.05) is 18.6 Å². The van der Waals surface area contributed by atoms with Gasteiger partial charge in [-0.2, -0.15) is 0 Å². The molecule has 3 N–H and O–H groups in total. The van der Waals surface area contributed by atoms with E-state index in [1.807, 2.05) is 6.92 Å². The first-order valence-electron chi connectivity index (χ1n) is 5.70. The van der Waals surface area contributed by atoms with Crippen LogP contribution in [0.3, 0.4) is 0 Å². The van der Waals surface area contributed by atoms with Crippen molar-refractivity contribution in [2.45, 2.75) is 51.8 Å². The fourth-order valence-corrected chi connectivity index (χ4v) is 2.25. The van der Waals surface area contributed by atoms with Crippen LogP contribution in [-0.4, -0.2) is 41.3 Å². The summed E-state index contributed by atoms with van der Waals surface area (Å²) in [6, 6.07) is 0.835. The number of nitrogens with zero attached hydrogens (tertiary/aromatic N) is 1. The summed E-state index contributed by atoms with van der Waals surface area (Å²) in [4.78, 5) is 2.39. The molecule has 0 bridgehead atoms. The van der Waals surface area contributed by atoms with Crippen molar-refractivity contribution in [3.63, 3.8) is 0 Å². The van der Waals surface area contributed by atoms with Crippen LogP contribution < -0.4 is 5.73 Å². The Morgan fingerprint density at radius 2 is 2.07 bits per heavy atom. The number of nitrogens with two attached hydrogens (primary N) is 1. The summed E-state index contributed by atoms with van der Waals surface area (Å²) in [5.41, 5.74) is 5.70. The van der Waals surface area contributed by atoms with E-state index in [0.29, 0.717) is 12.0 Å². The molecule has 4 unspecified atom stereocenters. The normalized spacial score (nSPS) is 34.1. The average molecular weight is 200 g/mol. The molecule has 14 heavy (non-hydrogen) atoms. The molecular formula is C11H24N2O. The molecule has 3 nitrogen and oxygen atoms in total. The van der Waals surface area contributed by atoms with Crippen LogP contribution in [0.25, 0.3) is 0 Å². The zero-order valence-electron chi connectivity index (χ0n) is 9.61. The number of piperidine rings is 1. The third-order valence-corrected chi connectivity index (χ3v) is 3.58. The second-order valence-electron chi connectivity index (χ2n) is 4.71. The number of rotatable bonds is 3. The molecule has 1 heterocycles. The molecule has 0 spiro atoms. The van der Waals surface area contributed by atoms with Crippen LogP contribution in [0.5, 0.6) is 0 Å². The van der Waals surface area contributed by atoms with Crippen molar-refractivity contribution in [1.29, 1.82) is 0 Å². The van der Waals surface area contributed by atoms with Gasteiger partial charge >= 0.3 is 0 Å².